The third-order valence-corrected chi connectivity index (χ3v) is 9.34. The molecule has 0 saturated heterocycles. The van der Waals surface area contributed by atoms with Gasteiger partial charge in [0.1, 0.15) is 0 Å². The molecular formula is C47H30N4. The van der Waals surface area contributed by atoms with Gasteiger partial charge in [-0.15, -0.1) is 0 Å². The molecule has 0 saturated carbocycles. The van der Waals surface area contributed by atoms with Gasteiger partial charge in [-0.25, -0.2) is 15.0 Å². The van der Waals surface area contributed by atoms with Crippen molar-refractivity contribution in [3.8, 4) is 51.0 Å². The summed E-state index contributed by atoms with van der Waals surface area (Å²) >= 11 is 0. The van der Waals surface area contributed by atoms with Gasteiger partial charge in [0, 0.05) is 33.2 Å². The summed E-state index contributed by atoms with van der Waals surface area (Å²) in [6.07, 6.45) is 0. The molecule has 4 nitrogen and oxygen atoms in total. The Kier molecular flexibility index (Phi) is 5.47. The summed E-state index contributed by atoms with van der Waals surface area (Å²) in [7, 11) is 0. The molecule has 8 aromatic carbocycles. The second kappa shape index (κ2) is 11.9. The minimum atomic E-state index is -0.167. The Labute approximate surface area is 303 Å². The smallest absolute Gasteiger partial charge is 0.164 e. The Morgan fingerprint density at radius 1 is 0.373 bits per heavy atom. The van der Waals surface area contributed by atoms with Gasteiger partial charge in [-0.1, -0.05) is 145 Å². The van der Waals surface area contributed by atoms with Crippen molar-refractivity contribution in [2.75, 3.05) is 0 Å². The van der Waals surface area contributed by atoms with Gasteiger partial charge in [-0.05, 0) is 69.0 Å². The number of rotatable bonds is 5. The standard InChI is InChI=1S/C47H30N4/c1-3-13-31(14-4-1)36-28-37(30-38(29-36)51-43-21-11-9-19-41(43)42-20-10-12-22-44(42)51)47-49-45(33-16-5-2-6-17-33)48-46(50-47)35-25-26-40-34(27-35)24-23-32-15-7-8-18-39(32)40/h1-30H/i9D,10D,19D,20D,21D,22D. The van der Waals surface area contributed by atoms with Crippen LogP contribution in [0, 0.1) is 0 Å². The van der Waals surface area contributed by atoms with E-state index in [-0.39, 0.29) is 58.1 Å². The average molecular weight is 657 g/mol. The van der Waals surface area contributed by atoms with E-state index in [1.54, 1.807) is 4.57 Å². The lowest BCUT2D eigenvalue weighted by atomic mass is 10.00. The summed E-state index contributed by atoms with van der Waals surface area (Å²) in [5.41, 5.74) is 5.09. The minimum Gasteiger partial charge on any atom is -0.309 e. The number of hydrogen-bond acceptors (Lipinski definition) is 3. The van der Waals surface area contributed by atoms with Gasteiger partial charge < -0.3 is 4.57 Å². The van der Waals surface area contributed by atoms with Gasteiger partial charge in [0.05, 0.1) is 19.3 Å². The first-order valence-corrected chi connectivity index (χ1v) is 16.7. The fourth-order valence-corrected chi connectivity index (χ4v) is 6.94. The predicted molar refractivity (Wildman–Crippen MR) is 211 cm³/mol. The highest BCUT2D eigenvalue weighted by Gasteiger charge is 2.18. The third kappa shape index (κ3) is 5.04. The SMILES string of the molecule is [2H]c1cc([2H])c2c(c1[2H])c1c([2H])c([2H])cc([2H])c1n2-c1cc(-c2ccccc2)cc(-c2nc(-c3ccccc3)nc(-c3ccc4c(ccc5ccccc54)c3)n2)c1. The van der Waals surface area contributed by atoms with Crippen LogP contribution in [-0.4, -0.2) is 19.5 Å². The predicted octanol–water partition coefficient (Wildman–Crippen LogP) is 11.9. The molecule has 0 atom stereocenters. The van der Waals surface area contributed by atoms with Crippen LogP contribution in [0.2, 0.25) is 0 Å². The zero-order valence-electron chi connectivity index (χ0n) is 33.1. The van der Waals surface area contributed by atoms with Crippen LogP contribution < -0.4 is 0 Å². The fourth-order valence-electron chi connectivity index (χ4n) is 6.94. The Morgan fingerprint density at radius 2 is 0.941 bits per heavy atom. The lowest BCUT2D eigenvalue weighted by Crippen LogP contribution is -2.02. The van der Waals surface area contributed by atoms with Crippen LogP contribution in [0.15, 0.2) is 182 Å². The van der Waals surface area contributed by atoms with Crippen molar-refractivity contribution < 1.29 is 8.22 Å². The average Bonchev–Trinajstić information content (AvgIpc) is 3.63. The lowest BCUT2D eigenvalue weighted by Gasteiger charge is -2.14. The molecule has 0 unspecified atom stereocenters. The molecule has 0 aliphatic heterocycles. The van der Waals surface area contributed by atoms with Crippen LogP contribution in [0.4, 0.5) is 0 Å². The number of para-hydroxylation sites is 2. The number of hydrogen-bond donors (Lipinski definition) is 0. The molecule has 10 rings (SSSR count). The van der Waals surface area contributed by atoms with Crippen LogP contribution in [0.3, 0.4) is 0 Å². The lowest BCUT2D eigenvalue weighted by molar-refractivity contribution is 1.07. The van der Waals surface area contributed by atoms with E-state index >= 15 is 0 Å². The van der Waals surface area contributed by atoms with Crippen LogP contribution in [0.25, 0.3) is 94.3 Å². The van der Waals surface area contributed by atoms with Gasteiger partial charge in [-0.2, -0.15) is 0 Å². The Balaban J connectivity index is 1.27. The molecule has 238 valence electrons. The summed E-state index contributed by atoms with van der Waals surface area (Å²) in [6.45, 7) is 0. The fraction of sp³-hybridized carbons (Fsp3) is 0. The largest absolute Gasteiger partial charge is 0.309 e. The Morgan fingerprint density at radius 3 is 1.67 bits per heavy atom. The van der Waals surface area contributed by atoms with Crippen molar-refractivity contribution in [2.45, 2.75) is 0 Å². The zero-order chi connectivity index (χ0) is 38.9. The van der Waals surface area contributed by atoms with Crippen molar-refractivity contribution in [1.82, 2.24) is 19.5 Å². The van der Waals surface area contributed by atoms with Gasteiger partial charge in [0.2, 0.25) is 0 Å². The number of benzene rings is 8. The quantitative estimate of drug-likeness (QED) is 0.173. The summed E-state index contributed by atoms with van der Waals surface area (Å²) in [4.78, 5) is 15.2. The normalized spacial score (nSPS) is 13.2. The molecular weight excluding hydrogens is 621 g/mol. The van der Waals surface area contributed by atoms with Crippen LogP contribution in [0.5, 0.6) is 0 Å². The molecule has 51 heavy (non-hydrogen) atoms. The molecule has 0 aliphatic carbocycles. The van der Waals surface area contributed by atoms with Gasteiger partial charge in [0.15, 0.2) is 17.5 Å². The highest BCUT2D eigenvalue weighted by Crippen LogP contribution is 2.36. The monoisotopic (exact) mass is 656 g/mol. The molecule has 0 spiro atoms. The maximum absolute atomic E-state index is 9.08. The number of nitrogens with zero attached hydrogens (tertiary/aromatic N) is 4. The van der Waals surface area contributed by atoms with Crippen molar-refractivity contribution in [2.24, 2.45) is 0 Å². The maximum atomic E-state index is 9.08. The molecule has 10 aromatic rings. The minimum absolute atomic E-state index is 0.0305. The molecule has 0 fully saturated rings. The maximum Gasteiger partial charge on any atom is 0.164 e. The van der Waals surface area contributed by atoms with E-state index in [1.807, 2.05) is 97.1 Å². The number of fused-ring (bicyclic) bond motifs is 6. The molecule has 0 aliphatic rings. The molecule has 0 radical (unpaired) electrons. The number of aromatic nitrogens is 4. The Bertz CT molecular complexity index is 3190. The molecule has 4 heteroatoms. The molecule has 2 heterocycles. The summed E-state index contributed by atoms with van der Waals surface area (Å²) in [6, 6.07) is 46.1. The first-order valence-electron chi connectivity index (χ1n) is 19.7. The molecule has 0 bridgehead atoms. The summed E-state index contributed by atoms with van der Waals surface area (Å²) in [5.74, 6) is 1.38. The van der Waals surface area contributed by atoms with Gasteiger partial charge in [0.25, 0.3) is 0 Å². The van der Waals surface area contributed by atoms with E-state index in [9.17, 15) is 0 Å². The molecule has 0 N–H and O–H groups in total. The van der Waals surface area contributed by atoms with E-state index in [1.165, 1.54) is 12.1 Å². The van der Waals surface area contributed by atoms with Crippen LogP contribution in [-0.2, 0) is 0 Å². The summed E-state index contributed by atoms with van der Waals surface area (Å²) in [5, 5.41) is 4.90. The first kappa shape index (κ1) is 23.4. The van der Waals surface area contributed by atoms with E-state index in [4.69, 9.17) is 23.2 Å². The summed E-state index contributed by atoms with van der Waals surface area (Å²) < 4.78 is 54.6. The van der Waals surface area contributed by atoms with Gasteiger partial charge in [-0.3, -0.25) is 0 Å². The van der Waals surface area contributed by atoms with Gasteiger partial charge >= 0.3 is 0 Å². The van der Waals surface area contributed by atoms with Crippen molar-refractivity contribution in [3.63, 3.8) is 0 Å². The van der Waals surface area contributed by atoms with Crippen molar-refractivity contribution in [1.29, 1.82) is 0 Å². The zero-order valence-corrected chi connectivity index (χ0v) is 27.1. The van der Waals surface area contributed by atoms with Crippen LogP contribution in [0.1, 0.15) is 8.22 Å². The van der Waals surface area contributed by atoms with Crippen molar-refractivity contribution >= 4 is 43.4 Å². The van der Waals surface area contributed by atoms with E-state index in [0.717, 1.165) is 43.8 Å². The van der Waals surface area contributed by atoms with Crippen molar-refractivity contribution in [3.05, 3.63) is 182 Å². The first-order chi connectivity index (χ1) is 27.7. The topological polar surface area (TPSA) is 43.6 Å². The van der Waals surface area contributed by atoms with E-state index < -0.39 is 0 Å². The second-order valence-electron chi connectivity index (χ2n) is 12.4. The highest BCUT2D eigenvalue weighted by atomic mass is 15.0. The third-order valence-electron chi connectivity index (χ3n) is 9.34. The molecule has 2 aromatic heterocycles. The van der Waals surface area contributed by atoms with Crippen LogP contribution >= 0.6 is 0 Å². The molecule has 0 amide bonds. The second-order valence-corrected chi connectivity index (χ2v) is 12.4. The highest BCUT2D eigenvalue weighted by molar-refractivity contribution is 6.10. The Hall–Kier alpha value is -6.91. The van der Waals surface area contributed by atoms with E-state index in [2.05, 4.69) is 36.4 Å². The van der Waals surface area contributed by atoms with E-state index in [0.29, 0.717) is 28.7 Å².